The molecule has 0 spiro atoms. The van der Waals surface area contributed by atoms with Gasteiger partial charge in [0, 0.05) is 40.8 Å². The maximum atomic E-state index is 11.0. The Balaban J connectivity index is 1.44. The number of rotatable bonds is 5. The molecule has 0 saturated carbocycles. The summed E-state index contributed by atoms with van der Waals surface area (Å²) in [5, 5.41) is 10.2. The molecule has 5 nitrogen and oxygen atoms in total. The van der Waals surface area contributed by atoms with Gasteiger partial charge in [0.2, 0.25) is 0 Å². The lowest BCUT2D eigenvalue weighted by Crippen LogP contribution is -2.57. The van der Waals surface area contributed by atoms with Crippen LogP contribution < -0.4 is 9.47 Å². The van der Waals surface area contributed by atoms with Crippen LogP contribution in [0, 0.1) is 12.8 Å². The Kier molecular flexibility index (Phi) is 5.41. The standard InChI is InChI=1S/C21H21Cl2NO4/c1-12-5-13-6-15(24-8-14(9-24)21(25)26)10-27-20(13)7-19(12)28-11-16-17(22)3-2-4-18(16)23/h2-5,7,14-15H,6,8-11H2,1H3,(H,25,26). The van der Waals surface area contributed by atoms with Crippen molar-refractivity contribution in [1.29, 1.82) is 0 Å². The molecule has 0 bridgehead atoms. The fraction of sp³-hybridized carbons (Fsp3) is 0.381. The molecule has 2 aliphatic rings. The Labute approximate surface area is 173 Å². The van der Waals surface area contributed by atoms with Gasteiger partial charge in [0.15, 0.2) is 0 Å². The van der Waals surface area contributed by atoms with Crippen molar-refractivity contribution < 1.29 is 19.4 Å². The molecule has 2 heterocycles. The van der Waals surface area contributed by atoms with Crippen molar-refractivity contribution in [2.24, 2.45) is 5.92 Å². The number of ether oxygens (including phenoxy) is 2. The monoisotopic (exact) mass is 421 g/mol. The van der Waals surface area contributed by atoms with Crippen LogP contribution in [-0.2, 0) is 17.8 Å². The van der Waals surface area contributed by atoms with Crippen molar-refractivity contribution in [1.82, 2.24) is 4.90 Å². The van der Waals surface area contributed by atoms with Gasteiger partial charge in [-0.1, -0.05) is 29.3 Å². The van der Waals surface area contributed by atoms with Gasteiger partial charge in [-0.15, -0.1) is 0 Å². The summed E-state index contributed by atoms with van der Waals surface area (Å²) in [4.78, 5) is 13.2. The maximum Gasteiger partial charge on any atom is 0.309 e. The maximum absolute atomic E-state index is 11.0. The summed E-state index contributed by atoms with van der Waals surface area (Å²) < 4.78 is 11.9. The molecule has 28 heavy (non-hydrogen) atoms. The number of carboxylic acid groups (broad SMARTS) is 1. The molecule has 0 radical (unpaired) electrons. The van der Waals surface area contributed by atoms with Gasteiger partial charge in [-0.25, -0.2) is 0 Å². The summed E-state index contributed by atoms with van der Waals surface area (Å²) in [5.41, 5.74) is 2.89. The van der Waals surface area contributed by atoms with E-state index in [0.717, 1.165) is 34.6 Å². The highest BCUT2D eigenvalue weighted by atomic mass is 35.5. The summed E-state index contributed by atoms with van der Waals surface area (Å²) >= 11 is 12.4. The zero-order valence-electron chi connectivity index (χ0n) is 15.5. The van der Waals surface area contributed by atoms with Gasteiger partial charge in [-0.2, -0.15) is 0 Å². The molecule has 0 aliphatic carbocycles. The number of halogens is 2. The van der Waals surface area contributed by atoms with Gasteiger partial charge in [-0.05, 0) is 42.7 Å². The molecular formula is C21H21Cl2NO4. The van der Waals surface area contributed by atoms with E-state index in [0.29, 0.717) is 29.7 Å². The van der Waals surface area contributed by atoms with Crippen LogP contribution >= 0.6 is 23.2 Å². The number of carbonyl (C=O) groups is 1. The third kappa shape index (κ3) is 3.79. The molecule has 1 fully saturated rings. The highest BCUT2D eigenvalue weighted by molar-refractivity contribution is 6.35. The number of aryl methyl sites for hydroxylation is 1. The van der Waals surface area contributed by atoms with E-state index in [1.165, 1.54) is 0 Å². The van der Waals surface area contributed by atoms with Crippen LogP contribution in [0.5, 0.6) is 11.5 Å². The van der Waals surface area contributed by atoms with Gasteiger partial charge in [0.05, 0.1) is 5.92 Å². The third-order valence-electron chi connectivity index (χ3n) is 5.45. The summed E-state index contributed by atoms with van der Waals surface area (Å²) in [7, 11) is 0. The van der Waals surface area contributed by atoms with Crippen molar-refractivity contribution in [2.75, 3.05) is 19.7 Å². The van der Waals surface area contributed by atoms with Gasteiger partial charge < -0.3 is 14.6 Å². The van der Waals surface area contributed by atoms with E-state index in [1.54, 1.807) is 18.2 Å². The predicted molar refractivity (Wildman–Crippen MR) is 108 cm³/mol. The molecule has 148 valence electrons. The largest absolute Gasteiger partial charge is 0.492 e. The van der Waals surface area contributed by atoms with E-state index in [4.69, 9.17) is 37.8 Å². The van der Waals surface area contributed by atoms with E-state index in [2.05, 4.69) is 11.0 Å². The predicted octanol–water partition coefficient (Wildman–Crippen LogP) is 4.20. The Bertz CT molecular complexity index is 891. The first-order valence-electron chi connectivity index (χ1n) is 9.21. The minimum atomic E-state index is -0.718. The Morgan fingerprint density at radius 1 is 1.29 bits per heavy atom. The van der Waals surface area contributed by atoms with Gasteiger partial charge in [-0.3, -0.25) is 9.69 Å². The third-order valence-corrected chi connectivity index (χ3v) is 6.16. The van der Waals surface area contributed by atoms with Gasteiger partial charge >= 0.3 is 5.97 Å². The Morgan fingerprint density at radius 3 is 2.68 bits per heavy atom. The summed E-state index contributed by atoms with van der Waals surface area (Å²) in [6.07, 6.45) is 0.846. The number of hydrogen-bond acceptors (Lipinski definition) is 4. The van der Waals surface area contributed by atoms with Crippen LogP contribution in [0.25, 0.3) is 0 Å². The lowest BCUT2D eigenvalue weighted by molar-refractivity contribution is -0.149. The zero-order valence-corrected chi connectivity index (χ0v) is 17.0. The molecule has 1 unspecified atom stereocenters. The van der Waals surface area contributed by atoms with Gasteiger partial charge in [0.1, 0.15) is 24.7 Å². The first-order chi connectivity index (χ1) is 13.4. The second-order valence-corrected chi connectivity index (χ2v) is 8.19. The fourth-order valence-electron chi connectivity index (χ4n) is 3.70. The van der Waals surface area contributed by atoms with Crippen molar-refractivity contribution in [3.63, 3.8) is 0 Å². The molecular weight excluding hydrogens is 401 g/mol. The molecule has 0 aromatic heterocycles. The number of carboxylic acids is 1. The molecule has 1 N–H and O–H groups in total. The van der Waals surface area contributed by atoms with E-state index >= 15 is 0 Å². The number of nitrogens with zero attached hydrogens (tertiary/aromatic N) is 1. The summed E-state index contributed by atoms with van der Waals surface area (Å²) in [6, 6.07) is 9.61. The Hall–Kier alpha value is -1.95. The van der Waals surface area contributed by atoms with Crippen LogP contribution in [0.2, 0.25) is 10.0 Å². The molecule has 1 saturated heterocycles. The van der Waals surface area contributed by atoms with Crippen molar-refractivity contribution in [2.45, 2.75) is 26.0 Å². The number of hydrogen-bond donors (Lipinski definition) is 1. The van der Waals surface area contributed by atoms with E-state index < -0.39 is 5.97 Å². The van der Waals surface area contributed by atoms with Crippen LogP contribution in [0.15, 0.2) is 30.3 Å². The highest BCUT2D eigenvalue weighted by Crippen LogP contribution is 2.35. The summed E-state index contributed by atoms with van der Waals surface area (Å²) in [5.74, 6) is 0.584. The molecule has 2 aromatic carbocycles. The summed E-state index contributed by atoms with van der Waals surface area (Å²) in [6.45, 7) is 4.02. The molecule has 0 amide bonds. The number of benzene rings is 2. The van der Waals surface area contributed by atoms with Crippen LogP contribution in [0.1, 0.15) is 16.7 Å². The SMILES string of the molecule is Cc1cc2c(cc1OCc1c(Cl)cccc1Cl)OCC(N1CC(C(=O)O)C1)C2. The smallest absolute Gasteiger partial charge is 0.309 e. The average molecular weight is 422 g/mol. The van der Waals surface area contributed by atoms with E-state index in [9.17, 15) is 4.79 Å². The van der Waals surface area contributed by atoms with Crippen molar-refractivity contribution in [3.05, 3.63) is 57.1 Å². The van der Waals surface area contributed by atoms with Crippen LogP contribution in [0.4, 0.5) is 0 Å². The second kappa shape index (κ2) is 7.82. The number of fused-ring (bicyclic) bond motifs is 1. The number of aliphatic carboxylic acids is 1. The first-order valence-corrected chi connectivity index (χ1v) is 9.97. The first kappa shape index (κ1) is 19.4. The van der Waals surface area contributed by atoms with Crippen molar-refractivity contribution in [3.8, 4) is 11.5 Å². The minimum absolute atomic E-state index is 0.219. The lowest BCUT2D eigenvalue weighted by Gasteiger charge is -2.44. The molecule has 7 heteroatoms. The number of likely N-dealkylation sites (tertiary alicyclic amines) is 1. The zero-order chi connectivity index (χ0) is 19.8. The highest BCUT2D eigenvalue weighted by Gasteiger charge is 2.38. The topological polar surface area (TPSA) is 59.0 Å². The quantitative estimate of drug-likeness (QED) is 0.783. The Morgan fingerprint density at radius 2 is 2.00 bits per heavy atom. The fourth-order valence-corrected chi connectivity index (χ4v) is 4.21. The molecule has 2 aromatic rings. The second-order valence-electron chi connectivity index (χ2n) is 7.37. The van der Waals surface area contributed by atoms with Gasteiger partial charge in [0.25, 0.3) is 0 Å². The minimum Gasteiger partial charge on any atom is -0.492 e. The van der Waals surface area contributed by atoms with E-state index in [-0.39, 0.29) is 18.6 Å². The molecule has 1 atom stereocenters. The average Bonchev–Trinajstić information content (AvgIpc) is 2.60. The van der Waals surface area contributed by atoms with Crippen LogP contribution in [0.3, 0.4) is 0 Å². The van der Waals surface area contributed by atoms with Crippen molar-refractivity contribution >= 4 is 29.2 Å². The van der Waals surface area contributed by atoms with E-state index in [1.807, 2.05) is 13.0 Å². The molecule has 2 aliphatic heterocycles. The molecule has 4 rings (SSSR count). The lowest BCUT2D eigenvalue weighted by atomic mass is 9.93. The van der Waals surface area contributed by atoms with Crippen LogP contribution in [-0.4, -0.2) is 41.7 Å². The normalized spacial score (nSPS) is 19.5.